The lowest BCUT2D eigenvalue weighted by molar-refractivity contribution is 0.631. The second kappa shape index (κ2) is 5.02. The van der Waals surface area contributed by atoms with E-state index in [4.69, 9.17) is 21.8 Å². The first-order chi connectivity index (χ1) is 9.61. The molecule has 0 spiro atoms. The molecule has 3 nitrogen and oxygen atoms in total. The van der Waals surface area contributed by atoms with Crippen LogP contribution in [0.1, 0.15) is 6.92 Å². The van der Waals surface area contributed by atoms with Crippen LogP contribution in [0, 0.1) is 0 Å². The van der Waals surface area contributed by atoms with Crippen LogP contribution in [0.25, 0.3) is 22.3 Å². The molecule has 0 aliphatic heterocycles. The Morgan fingerprint density at radius 3 is 2.55 bits per heavy atom. The molecular weight excluding hydrogens is 272 g/mol. The van der Waals surface area contributed by atoms with Crippen molar-refractivity contribution in [2.45, 2.75) is 6.92 Å². The molecule has 0 amide bonds. The van der Waals surface area contributed by atoms with Crippen molar-refractivity contribution < 1.29 is 4.42 Å². The van der Waals surface area contributed by atoms with Crippen LogP contribution < -0.4 is 5.73 Å². The minimum Gasteiger partial charge on any atom is -0.456 e. The van der Waals surface area contributed by atoms with Crippen molar-refractivity contribution in [2.24, 2.45) is 10.7 Å². The molecule has 20 heavy (non-hydrogen) atoms. The topological polar surface area (TPSA) is 51.5 Å². The minimum atomic E-state index is 0.533. The van der Waals surface area contributed by atoms with E-state index in [0.717, 1.165) is 28.0 Å². The Hall–Kier alpha value is -2.26. The zero-order valence-electron chi connectivity index (χ0n) is 10.9. The van der Waals surface area contributed by atoms with Gasteiger partial charge in [0.15, 0.2) is 0 Å². The third-order valence-electron chi connectivity index (χ3n) is 2.93. The molecule has 1 aromatic heterocycles. The Bertz CT molecular complexity index is 784. The molecule has 2 aromatic carbocycles. The van der Waals surface area contributed by atoms with Crippen molar-refractivity contribution in [1.82, 2.24) is 0 Å². The molecular formula is C16H13ClN2O. The summed E-state index contributed by atoms with van der Waals surface area (Å²) in [6.45, 7) is 1.76. The van der Waals surface area contributed by atoms with E-state index in [2.05, 4.69) is 4.99 Å². The van der Waals surface area contributed by atoms with Gasteiger partial charge < -0.3 is 10.2 Å². The maximum Gasteiger partial charge on any atom is 0.135 e. The van der Waals surface area contributed by atoms with Gasteiger partial charge in [-0.3, -0.25) is 0 Å². The van der Waals surface area contributed by atoms with Crippen LogP contribution in [0.2, 0.25) is 5.02 Å². The summed E-state index contributed by atoms with van der Waals surface area (Å²) in [6, 6.07) is 15.3. The maximum absolute atomic E-state index is 5.89. The van der Waals surface area contributed by atoms with Gasteiger partial charge in [0.2, 0.25) is 0 Å². The van der Waals surface area contributed by atoms with Gasteiger partial charge in [-0.2, -0.15) is 0 Å². The van der Waals surface area contributed by atoms with Gasteiger partial charge in [0.1, 0.15) is 11.3 Å². The molecule has 0 fully saturated rings. The average Bonchev–Trinajstić information content (AvgIpc) is 2.81. The number of furan rings is 1. The number of hydrogen-bond donors (Lipinski definition) is 1. The number of rotatable bonds is 2. The fourth-order valence-corrected chi connectivity index (χ4v) is 2.19. The molecule has 3 rings (SSSR count). The van der Waals surface area contributed by atoms with E-state index in [-0.39, 0.29) is 0 Å². The number of fused-ring (bicyclic) bond motifs is 1. The first-order valence-electron chi connectivity index (χ1n) is 6.22. The highest BCUT2D eigenvalue weighted by Crippen LogP contribution is 2.30. The summed E-state index contributed by atoms with van der Waals surface area (Å²) in [5, 5.41) is 1.71. The van der Waals surface area contributed by atoms with Gasteiger partial charge in [0.05, 0.1) is 11.5 Å². The summed E-state index contributed by atoms with van der Waals surface area (Å²) in [4.78, 5) is 4.24. The standard InChI is InChI=1S/C16H13ClN2O/c1-10(18)19-14-6-7-15-12(8-14)9-16(20-15)11-2-4-13(17)5-3-11/h2-9H,1H3,(H2,18,19). The summed E-state index contributed by atoms with van der Waals surface area (Å²) in [7, 11) is 0. The molecule has 0 bridgehead atoms. The monoisotopic (exact) mass is 284 g/mol. The summed E-state index contributed by atoms with van der Waals surface area (Å²) in [5.74, 6) is 1.34. The second-order valence-corrected chi connectivity index (χ2v) is 5.03. The van der Waals surface area contributed by atoms with Crippen molar-refractivity contribution >= 4 is 34.1 Å². The molecule has 0 aliphatic rings. The van der Waals surface area contributed by atoms with Gasteiger partial charge >= 0.3 is 0 Å². The highest BCUT2D eigenvalue weighted by Gasteiger charge is 2.06. The van der Waals surface area contributed by atoms with Crippen LogP contribution in [0.4, 0.5) is 5.69 Å². The number of benzene rings is 2. The van der Waals surface area contributed by atoms with Crippen molar-refractivity contribution in [1.29, 1.82) is 0 Å². The van der Waals surface area contributed by atoms with Gasteiger partial charge in [-0.25, -0.2) is 4.99 Å². The quantitative estimate of drug-likeness (QED) is 0.545. The fraction of sp³-hybridized carbons (Fsp3) is 0.0625. The highest BCUT2D eigenvalue weighted by atomic mass is 35.5. The van der Waals surface area contributed by atoms with Crippen LogP contribution in [-0.2, 0) is 0 Å². The van der Waals surface area contributed by atoms with E-state index in [1.807, 2.05) is 48.5 Å². The van der Waals surface area contributed by atoms with Gasteiger partial charge in [-0.15, -0.1) is 0 Å². The zero-order chi connectivity index (χ0) is 14.1. The molecule has 0 saturated carbocycles. The molecule has 1 heterocycles. The van der Waals surface area contributed by atoms with E-state index < -0.39 is 0 Å². The molecule has 0 saturated heterocycles. The number of amidine groups is 1. The van der Waals surface area contributed by atoms with Crippen LogP contribution in [0.5, 0.6) is 0 Å². The molecule has 3 aromatic rings. The fourth-order valence-electron chi connectivity index (χ4n) is 2.06. The van der Waals surface area contributed by atoms with E-state index in [9.17, 15) is 0 Å². The van der Waals surface area contributed by atoms with E-state index in [1.165, 1.54) is 0 Å². The van der Waals surface area contributed by atoms with Gasteiger partial charge in [0, 0.05) is 16.0 Å². The Morgan fingerprint density at radius 2 is 1.85 bits per heavy atom. The van der Waals surface area contributed by atoms with Crippen LogP contribution in [0.15, 0.2) is 57.9 Å². The normalized spacial score (nSPS) is 12.0. The van der Waals surface area contributed by atoms with Gasteiger partial charge in [-0.1, -0.05) is 11.6 Å². The highest BCUT2D eigenvalue weighted by molar-refractivity contribution is 6.30. The molecule has 100 valence electrons. The minimum absolute atomic E-state index is 0.533. The number of halogens is 1. The summed E-state index contributed by atoms with van der Waals surface area (Å²) < 4.78 is 5.83. The number of nitrogens with two attached hydrogens (primary N) is 1. The van der Waals surface area contributed by atoms with Gasteiger partial charge in [-0.05, 0) is 55.5 Å². The molecule has 0 radical (unpaired) electrons. The first-order valence-corrected chi connectivity index (χ1v) is 6.60. The third kappa shape index (κ3) is 2.53. The lowest BCUT2D eigenvalue weighted by Gasteiger charge is -1.95. The zero-order valence-corrected chi connectivity index (χ0v) is 11.7. The van der Waals surface area contributed by atoms with Crippen molar-refractivity contribution in [3.8, 4) is 11.3 Å². The second-order valence-electron chi connectivity index (χ2n) is 4.59. The molecule has 2 N–H and O–H groups in total. The van der Waals surface area contributed by atoms with Crippen LogP contribution in [-0.4, -0.2) is 5.84 Å². The smallest absolute Gasteiger partial charge is 0.135 e. The Labute approximate surface area is 121 Å². The molecule has 0 aliphatic carbocycles. The molecule has 0 unspecified atom stereocenters. The van der Waals surface area contributed by atoms with E-state index >= 15 is 0 Å². The van der Waals surface area contributed by atoms with E-state index in [0.29, 0.717) is 10.9 Å². The Balaban J connectivity index is 2.06. The first kappa shape index (κ1) is 12.8. The van der Waals surface area contributed by atoms with Crippen molar-refractivity contribution in [3.63, 3.8) is 0 Å². The lowest BCUT2D eigenvalue weighted by atomic mass is 10.1. The van der Waals surface area contributed by atoms with Crippen LogP contribution in [0.3, 0.4) is 0 Å². The van der Waals surface area contributed by atoms with Crippen molar-refractivity contribution in [3.05, 3.63) is 53.6 Å². The Morgan fingerprint density at radius 1 is 1.10 bits per heavy atom. The maximum atomic E-state index is 5.89. The largest absolute Gasteiger partial charge is 0.456 e. The van der Waals surface area contributed by atoms with E-state index in [1.54, 1.807) is 6.92 Å². The number of aliphatic imine (C=N–C) groups is 1. The average molecular weight is 285 g/mol. The molecule has 4 heteroatoms. The molecule has 0 atom stereocenters. The van der Waals surface area contributed by atoms with Crippen molar-refractivity contribution in [2.75, 3.05) is 0 Å². The lowest BCUT2D eigenvalue weighted by Crippen LogP contribution is -2.03. The SMILES string of the molecule is CC(N)=Nc1ccc2oc(-c3ccc(Cl)cc3)cc2c1. The number of nitrogens with zero attached hydrogens (tertiary/aromatic N) is 1. The summed E-state index contributed by atoms with van der Waals surface area (Å²) in [5.41, 5.74) is 8.23. The Kier molecular flexibility index (Phi) is 3.20. The number of hydrogen-bond acceptors (Lipinski definition) is 2. The summed E-state index contributed by atoms with van der Waals surface area (Å²) in [6.07, 6.45) is 0. The van der Waals surface area contributed by atoms with Crippen LogP contribution >= 0.6 is 11.6 Å². The summed E-state index contributed by atoms with van der Waals surface area (Å²) >= 11 is 5.89. The predicted octanol–water partition coefficient (Wildman–Crippen LogP) is 4.76. The third-order valence-corrected chi connectivity index (χ3v) is 3.19. The van der Waals surface area contributed by atoms with Gasteiger partial charge in [0.25, 0.3) is 0 Å². The predicted molar refractivity (Wildman–Crippen MR) is 83.6 cm³/mol.